The molecule has 2 fully saturated rings. The number of anilines is 1. The van der Waals surface area contributed by atoms with Crippen molar-refractivity contribution < 1.29 is 9.90 Å². The number of nitrogens with zero attached hydrogens (tertiary/aromatic N) is 1. The number of nitrogens with one attached hydrogen (secondary N) is 1. The highest BCUT2D eigenvalue weighted by atomic mass is 35.5. The molecule has 5 heteroatoms. The Morgan fingerprint density at radius 2 is 1.84 bits per heavy atom. The summed E-state index contributed by atoms with van der Waals surface area (Å²) in [5, 5.41) is 16.0. The molecule has 2 aromatic carbocycles. The summed E-state index contributed by atoms with van der Waals surface area (Å²) in [6.45, 7) is 7.31. The van der Waals surface area contributed by atoms with Crippen molar-refractivity contribution in [3.8, 4) is 0 Å². The molecular weight excluding hydrogens is 420 g/mol. The van der Waals surface area contributed by atoms with Crippen LogP contribution in [0, 0.1) is 18.3 Å². The maximum Gasteiger partial charge on any atom is 0.227 e. The molecule has 1 amide bonds. The standard InChI is InChI=1S/C27H35ClN2O2/c1-19-7-6-8-22(17-19)29-24-10-5-4-9-23(24)25(31)30-16-15-27(32,26(2,3)18-30)20-11-13-21(28)14-12-20/h6-8,11-14,17,23-24,29,32H,4-5,9-10,15-16,18H2,1-3H3/t23-,24+,27-/m0/s1. The van der Waals surface area contributed by atoms with Crippen molar-refractivity contribution in [1.29, 1.82) is 0 Å². The van der Waals surface area contributed by atoms with Gasteiger partial charge in [-0.05, 0) is 61.6 Å². The average molecular weight is 455 g/mol. The fourth-order valence-corrected chi connectivity index (χ4v) is 5.68. The van der Waals surface area contributed by atoms with Crippen molar-refractivity contribution in [1.82, 2.24) is 4.90 Å². The van der Waals surface area contributed by atoms with Crippen molar-refractivity contribution in [3.63, 3.8) is 0 Å². The summed E-state index contributed by atoms with van der Waals surface area (Å²) in [6.07, 6.45) is 4.69. The monoisotopic (exact) mass is 454 g/mol. The van der Waals surface area contributed by atoms with Crippen LogP contribution in [-0.2, 0) is 10.4 Å². The van der Waals surface area contributed by atoms with Crippen molar-refractivity contribution in [2.45, 2.75) is 64.5 Å². The molecule has 1 saturated heterocycles. The molecule has 4 nitrogen and oxygen atoms in total. The van der Waals surface area contributed by atoms with Gasteiger partial charge in [0.15, 0.2) is 0 Å². The molecular formula is C27H35ClN2O2. The lowest BCUT2D eigenvalue weighted by molar-refractivity contribution is -0.157. The molecule has 1 saturated carbocycles. The third kappa shape index (κ3) is 4.53. The number of piperidine rings is 1. The van der Waals surface area contributed by atoms with Gasteiger partial charge in [0.05, 0.1) is 11.5 Å². The minimum absolute atomic E-state index is 0.0261. The maximum atomic E-state index is 13.7. The summed E-state index contributed by atoms with van der Waals surface area (Å²) in [5.41, 5.74) is 1.72. The average Bonchev–Trinajstić information content (AvgIpc) is 2.76. The second-order valence-electron chi connectivity index (χ2n) is 10.3. The van der Waals surface area contributed by atoms with Crippen molar-refractivity contribution in [3.05, 3.63) is 64.7 Å². The van der Waals surface area contributed by atoms with Crippen LogP contribution in [0.3, 0.4) is 0 Å². The Balaban J connectivity index is 1.49. The second kappa shape index (κ2) is 9.07. The first kappa shape index (κ1) is 23.1. The second-order valence-corrected chi connectivity index (χ2v) is 10.7. The Labute approximate surface area is 197 Å². The Bertz CT molecular complexity index is 958. The van der Waals surface area contributed by atoms with Crippen LogP contribution in [-0.4, -0.2) is 35.0 Å². The molecule has 0 unspecified atom stereocenters. The van der Waals surface area contributed by atoms with Gasteiger partial charge in [0, 0.05) is 35.3 Å². The van der Waals surface area contributed by atoms with Crippen molar-refractivity contribution in [2.24, 2.45) is 11.3 Å². The van der Waals surface area contributed by atoms with Gasteiger partial charge in [-0.2, -0.15) is 0 Å². The van der Waals surface area contributed by atoms with Crippen molar-refractivity contribution in [2.75, 3.05) is 18.4 Å². The first-order chi connectivity index (χ1) is 15.2. The van der Waals surface area contributed by atoms with Crippen molar-refractivity contribution >= 4 is 23.2 Å². The van der Waals surface area contributed by atoms with Crippen LogP contribution in [0.25, 0.3) is 0 Å². The van der Waals surface area contributed by atoms with E-state index in [1.54, 1.807) is 0 Å². The van der Waals surface area contributed by atoms with Crippen LogP contribution in [0.15, 0.2) is 48.5 Å². The number of rotatable bonds is 4. The van der Waals surface area contributed by atoms with E-state index in [0.717, 1.165) is 36.9 Å². The van der Waals surface area contributed by atoms with E-state index in [-0.39, 0.29) is 17.9 Å². The van der Waals surface area contributed by atoms with Gasteiger partial charge in [-0.15, -0.1) is 0 Å². The van der Waals surface area contributed by atoms with Gasteiger partial charge in [-0.25, -0.2) is 0 Å². The molecule has 32 heavy (non-hydrogen) atoms. The fourth-order valence-electron chi connectivity index (χ4n) is 5.55. The Kier molecular flexibility index (Phi) is 6.56. The van der Waals surface area contributed by atoms with Crippen LogP contribution >= 0.6 is 11.6 Å². The van der Waals surface area contributed by atoms with E-state index in [9.17, 15) is 9.90 Å². The first-order valence-electron chi connectivity index (χ1n) is 11.8. The number of likely N-dealkylation sites (tertiary alicyclic amines) is 1. The number of carbonyl (C=O) groups excluding carboxylic acids is 1. The summed E-state index contributed by atoms with van der Waals surface area (Å²) in [6, 6.07) is 16.0. The molecule has 2 N–H and O–H groups in total. The van der Waals surface area contributed by atoms with Gasteiger partial charge >= 0.3 is 0 Å². The first-order valence-corrected chi connectivity index (χ1v) is 12.2. The lowest BCUT2D eigenvalue weighted by Gasteiger charge is -2.51. The van der Waals surface area contributed by atoms with E-state index in [1.807, 2.05) is 29.2 Å². The van der Waals surface area contributed by atoms with E-state index in [1.165, 1.54) is 5.56 Å². The molecule has 172 valence electrons. The van der Waals surface area contributed by atoms with E-state index in [2.05, 4.69) is 50.4 Å². The zero-order chi connectivity index (χ0) is 22.9. The highest BCUT2D eigenvalue weighted by molar-refractivity contribution is 6.30. The summed E-state index contributed by atoms with van der Waals surface area (Å²) in [4.78, 5) is 15.7. The topological polar surface area (TPSA) is 52.6 Å². The van der Waals surface area contributed by atoms with Gasteiger partial charge < -0.3 is 15.3 Å². The SMILES string of the molecule is Cc1cccc(N[C@@H]2CCCC[C@@H]2C(=O)N2CC[C@](O)(c3ccc(Cl)cc3)C(C)(C)C2)c1. The van der Waals surface area contributed by atoms with Crippen LogP contribution in [0.1, 0.15) is 57.1 Å². The number of benzene rings is 2. The Hall–Kier alpha value is -2.04. The van der Waals surface area contributed by atoms with E-state index in [0.29, 0.717) is 24.5 Å². The third-order valence-corrected chi connectivity index (χ3v) is 7.79. The fraction of sp³-hybridized carbons (Fsp3) is 0.519. The van der Waals surface area contributed by atoms with Gasteiger partial charge in [0.1, 0.15) is 0 Å². The lowest BCUT2D eigenvalue weighted by atomic mass is 9.66. The van der Waals surface area contributed by atoms with Gasteiger partial charge in [0.25, 0.3) is 0 Å². The third-order valence-electron chi connectivity index (χ3n) is 7.54. The molecule has 1 aliphatic heterocycles. The van der Waals surface area contributed by atoms with E-state index < -0.39 is 11.0 Å². The Morgan fingerprint density at radius 3 is 2.53 bits per heavy atom. The summed E-state index contributed by atoms with van der Waals surface area (Å²) < 4.78 is 0. The zero-order valence-corrected chi connectivity index (χ0v) is 20.2. The smallest absolute Gasteiger partial charge is 0.227 e. The number of aliphatic hydroxyl groups is 1. The molecule has 0 aromatic heterocycles. The summed E-state index contributed by atoms with van der Waals surface area (Å²) in [7, 11) is 0. The number of hydrogen-bond donors (Lipinski definition) is 2. The molecule has 1 aliphatic carbocycles. The number of amides is 1. The highest BCUT2D eigenvalue weighted by Gasteiger charge is 2.50. The molecule has 0 bridgehead atoms. The maximum absolute atomic E-state index is 13.7. The van der Waals surface area contributed by atoms with Crippen LogP contribution in [0.5, 0.6) is 0 Å². The predicted octanol–water partition coefficient (Wildman–Crippen LogP) is 5.77. The largest absolute Gasteiger partial charge is 0.384 e. The molecule has 0 radical (unpaired) electrons. The quantitative estimate of drug-likeness (QED) is 0.617. The highest BCUT2D eigenvalue weighted by Crippen LogP contribution is 2.46. The molecule has 0 spiro atoms. The Morgan fingerprint density at radius 1 is 1.12 bits per heavy atom. The number of aryl methyl sites for hydroxylation is 1. The van der Waals surface area contributed by atoms with Gasteiger partial charge in [-0.1, -0.05) is 62.6 Å². The number of hydrogen-bond acceptors (Lipinski definition) is 3. The van der Waals surface area contributed by atoms with Crippen LogP contribution in [0.2, 0.25) is 5.02 Å². The minimum atomic E-state index is -0.986. The van der Waals surface area contributed by atoms with Crippen LogP contribution in [0.4, 0.5) is 5.69 Å². The van der Waals surface area contributed by atoms with E-state index >= 15 is 0 Å². The van der Waals surface area contributed by atoms with Crippen LogP contribution < -0.4 is 5.32 Å². The predicted molar refractivity (Wildman–Crippen MR) is 131 cm³/mol. The number of halogens is 1. The molecule has 1 heterocycles. The van der Waals surface area contributed by atoms with Gasteiger partial charge in [0.2, 0.25) is 5.91 Å². The van der Waals surface area contributed by atoms with E-state index in [4.69, 9.17) is 11.6 Å². The molecule has 2 aromatic rings. The molecule has 3 atom stereocenters. The zero-order valence-electron chi connectivity index (χ0n) is 19.4. The molecule has 2 aliphatic rings. The normalized spacial score (nSPS) is 27.7. The summed E-state index contributed by atoms with van der Waals surface area (Å²) >= 11 is 6.06. The minimum Gasteiger partial charge on any atom is -0.384 e. The molecule has 4 rings (SSSR count). The summed E-state index contributed by atoms with van der Waals surface area (Å²) in [5.74, 6) is 0.197. The van der Waals surface area contributed by atoms with Gasteiger partial charge in [-0.3, -0.25) is 4.79 Å². The number of carbonyl (C=O) groups is 1. The lowest BCUT2D eigenvalue weighted by Crippen LogP contribution is -2.58.